The number of aliphatic hydroxyl groups is 4. The Morgan fingerprint density at radius 2 is 1.53 bits per heavy atom. The van der Waals surface area contributed by atoms with Gasteiger partial charge in [0.15, 0.2) is 17.3 Å². The van der Waals surface area contributed by atoms with Crippen LogP contribution in [0.3, 0.4) is 0 Å². The lowest BCUT2D eigenvalue weighted by molar-refractivity contribution is -0.231. The molecule has 0 saturated carbocycles. The van der Waals surface area contributed by atoms with Crippen LogP contribution in [0.5, 0.6) is 23.0 Å². The Morgan fingerprint density at radius 1 is 0.844 bits per heavy atom. The molecule has 1 aliphatic heterocycles. The van der Waals surface area contributed by atoms with E-state index < -0.39 is 71.3 Å². The molecule has 1 aromatic heterocycles. The molecule has 8 N–H and O–H groups in total. The zero-order valence-corrected chi connectivity index (χ0v) is 16.3. The van der Waals surface area contributed by atoms with E-state index in [1.165, 1.54) is 12.1 Å². The van der Waals surface area contributed by atoms with Crippen LogP contribution >= 0.6 is 0 Å². The quantitative estimate of drug-likeness (QED) is 0.247. The molecule has 0 radical (unpaired) electrons. The molecule has 11 heteroatoms. The molecule has 0 amide bonds. The minimum Gasteiger partial charge on any atom is -0.507 e. The van der Waals surface area contributed by atoms with Crippen LogP contribution in [0.15, 0.2) is 39.5 Å². The van der Waals surface area contributed by atoms with Crippen molar-refractivity contribution < 1.29 is 50.0 Å². The van der Waals surface area contributed by atoms with Gasteiger partial charge < -0.3 is 50.0 Å². The molecule has 5 atom stereocenters. The number of phenolic OH excluding ortho intramolecular Hbond substituents is 3. The molecule has 1 aliphatic rings. The zero-order chi connectivity index (χ0) is 23.3. The van der Waals surface area contributed by atoms with Gasteiger partial charge in [0.05, 0.1) is 17.6 Å². The Bertz CT molecular complexity index is 1230. The topological polar surface area (TPSA) is 201 Å². The first kappa shape index (κ1) is 21.9. The van der Waals surface area contributed by atoms with Crippen molar-refractivity contribution in [2.24, 2.45) is 0 Å². The first-order chi connectivity index (χ1) is 15.1. The fourth-order valence-corrected chi connectivity index (χ4v) is 3.73. The summed E-state index contributed by atoms with van der Waals surface area (Å²) in [5.74, 6) is -2.71. The summed E-state index contributed by atoms with van der Waals surface area (Å²) in [5.41, 5.74) is -1.46. The number of benzene rings is 2. The van der Waals surface area contributed by atoms with E-state index in [1.807, 2.05) is 0 Å². The third-order valence-corrected chi connectivity index (χ3v) is 5.47. The maximum absolute atomic E-state index is 12.8. The second kappa shape index (κ2) is 7.97. The molecular formula is C21H20O11. The smallest absolute Gasteiger partial charge is 0.235 e. The standard InChI is InChI=1S/C21H20O11/c22-6-12-15(27)16(28)18(30)21(31-12)13-10(24)4-2-8-14(26)17(29)19(32-20(8)13)7-1-3-9(23)11(25)5-7/h1-5,12,15-16,18,21-25,27-30H,6H2/t12?,15-,16?,18-,21+/m1/s1. The van der Waals surface area contributed by atoms with Crippen molar-refractivity contribution in [2.75, 3.05) is 6.61 Å². The van der Waals surface area contributed by atoms with Crippen molar-refractivity contribution in [3.05, 3.63) is 46.1 Å². The summed E-state index contributed by atoms with van der Waals surface area (Å²) < 4.78 is 11.2. The van der Waals surface area contributed by atoms with Crippen molar-refractivity contribution in [1.29, 1.82) is 0 Å². The third kappa shape index (κ3) is 3.32. The van der Waals surface area contributed by atoms with Gasteiger partial charge in [-0.2, -0.15) is 0 Å². The average molecular weight is 448 g/mol. The van der Waals surface area contributed by atoms with Gasteiger partial charge in [-0.1, -0.05) is 0 Å². The van der Waals surface area contributed by atoms with E-state index in [-0.39, 0.29) is 22.1 Å². The van der Waals surface area contributed by atoms with Crippen LogP contribution in [0.4, 0.5) is 0 Å². The summed E-state index contributed by atoms with van der Waals surface area (Å²) in [7, 11) is 0. The number of ether oxygens (including phenoxy) is 1. The van der Waals surface area contributed by atoms with Crippen LogP contribution in [-0.2, 0) is 4.74 Å². The summed E-state index contributed by atoms with van der Waals surface area (Å²) in [6.07, 6.45) is -7.98. The number of aromatic hydroxyl groups is 4. The molecule has 4 rings (SSSR count). The second-order valence-corrected chi connectivity index (χ2v) is 7.44. The number of hydrogen-bond acceptors (Lipinski definition) is 11. The van der Waals surface area contributed by atoms with Gasteiger partial charge in [-0.3, -0.25) is 4.79 Å². The Kier molecular flexibility index (Phi) is 5.44. The molecule has 32 heavy (non-hydrogen) atoms. The first-order valence-corrected chi connectivity index (χ1v) is 9.50. The minimum atomic E-state index is -1.77. The molecule has 11 nitrogen and oxygen atoms in total. The van der Waals surface area contributed by atoms with Gasteiger partial charge in [-0.25, -0.2) is 0 Å². The largest absolute Gasteiger partial charge is 0.507 e. The van der Waals surface area contributed by atoms with Gasteiger partial charge in [0.25, 0.3) is 0 Å². The van der Waals surface area contributed by atoms with Crippen LogP contribution < -0.4 is 5.43 Å². The Balaban J connectivity index is 1.98. The summed E-state index contributed by atoms with van der Waals surface area (Å²) >= 11 is 0. The Hall–Kier alpha value is -3.35. The van der Waals surface area contributed by atoms with Crippen molar-refractivity contribution in [1.82, 2.24) is 0 Å². The summed E-state index contributed by atoms with van der Waals surface area (Å²) in [4.78, 5) is 12.8. The highest BCUT2D eigenvalue weighted by Gasteiger charge is 2.45. The normalized spacial score (nSPS) is 25.8. The van der Waals surface area contributed by atoms with E-state index in [0.717, 1.165) is 18.2 Å². The molecule has 0 bridgehead atoms. The maximum atomic E-state index is 12.8. The molecule has 170 valence electrons. The van der Waals surface area contributed by atoms with Crippen LogP contribution in [0.25, 0.3) is 22.3 Å². The fraction of sp³-hybridized carbons (Fsp3) is 0.286. The summed E-state index contributed by atoms with van der Waals surface area (Å²) in [6, 6.07) is 5.67. The minimum absolute atomic E-state index is 0.0138. The Labute approximate surface area is 179 Å². The van der Waals surface area contributed by atoms with Crippen LogP contribution in [-0.4, -0.2) is 71.9 Å². The highest BCUT2D eigenvalue weighted by Crippen LogP contribution is 2.42. The van der Waals surface area contributed by atoms with Crippen LogP contribution in [0, 0.1) is 0 Å². The van der Waals surface area contributed by atoms with Crippen molar-refractivity contribution in [2.45, 2.75) is 30.5 Å². The number of hydrogen-bond donors (Lipinski definition) is 8. The van der Waals surface area contributed by atoms with E-state index in [9.17, 15) is 45.6 Å². The lowest BCUT2D eigenvalue weighted by Crippen LogP contribution is -2.55. The van der Waals surface area contributed by atoms with Gasteiger partial charge in [0, 0.05) is 5.56 Å². The van der Waals surface area contributed by atoms with E-state index in [0.29, 0.717) is 0 Å². The highest BCUT2D eigenvalue weighted by atomic mass is 16.5. The highest BCUT2D eigenvalue weighted by molar-refractivity contribution is 5.86. The van der Waals surface area contributed by atoms with E-state index in [4.69, 9.17) is 9.15 Å². The molecule has 3 aromatic rings. The molecule has 0 spiro atoms. The van der Waals surface area contributed by atoms with Gasteiger partial charge in [0.2, 0.25) is 11.2 Å². The number of aliphatic hydroxyl groups excluding tert-OH is 4. The third-order valence-electron chi connectivity index (χ3n) is 5.47. The van der Waals surface area contributed by atoms with Gasteiger partial charge in [-0.05, 0) is 30.3 Å². The Morgan fingerprint density at radius 3 is 2.19 bits per heavy atom. The number of rotatable bonds is 3. The second-order valence-electron chi connectivity index (χ2n) is 7.44. The molecule has 0 aliphatic carbocycles. The van der Waals surface area contributed by atoms with Gasteiger partial charge in [-0.15, -0.1) is 0 Å². The van der Waals surface area contributed by atoms with Gasteiger partial charge >= 0.3 is 0 Å². The van der Waals surface area contributed by atoms with E-state index >= 15 is 0 Å². The zero-order valence-electron chi connectivity index (χ0n) is 16.3. The lowest BCUT2D eigenvalue weighted by atomic mass is 9.90. The van der Waals surface area contributed by atoms with E-state index in [2.05, 4.69) is 0 Å². The molecule has 2 unspecified atom stereocenters. The van der Waals surface area contributed by atoms with Crippen molar-refractivity contribution in [3.8, 4) is 34.3 Å². The van der Waals surface area contributed by atoms with Crippen LogP contribution in [0.1, 0.15) is 11.7 Å². The number of fused-ring (bicyclic) bond motifs is 1. The maximum Gasteiger partial charge on any atom is 0.235 e. The monoisotopic (exact) mass is 448 g/mol. The predicted octanol–water partition coefficient (Wildman–Crippen LogP) is -0.203. The lowest BCUT2D eigenvalue weighted by Gasteiger charge is -2.40. The number of phenols is 3. The van der Waals surface area contributed by atoms with Crippen molar-refractivity contribution >= 4 is 11.0 Å². The van der Waals surface area contributed by atoms with Gasteiger partial charge in [0.1, 0.15) is 41.9 Å². The summed E-state index contributed by atoms with van der Waals surface area (Å²) in [6.45, 7) is -0.713. The SMILES string of the molecule is O=c1c(O)c(-c2ccc(O)c(O)c2)oc2c([C@@H]3OC(CO)[C@@H](O)C(O)[C@H]3O)c(O)ccc12. The van der Waals surface area contributed by atoms with E-state index in [1.54, 1.807) is 0 Å². The fourth-order valence-electron chi connectivity index (χ4n) is 3.73. The molecule has 1 fully saturated rings. The molecule has 2 aromatic carbocycles. The van der Waals surface area contributed by atoms with Crippen molar-refractivity contribution in [3.63, 3.8) is 0 Å². The molecule has 1 saturated heterocycles. The van der Waals surface area contributed by atoms with Crippen LogP contribution in [0.2, 0.25) is 0 Å². The first-order valence-electron chi connectivity index (χ1n) is 9.50. The average Bonchev–Trinajstić information content (AvgIpc) is 2.77. The molecular weight excluding hydrogens is 428 g/mol. The summed E-state index contributed by atoms with van der Waals surface area (Å²) in [5, 5.41) is 80.0. The molecule has 2 heterocycles. The predicted molar refractivity (Wildman–Crippen MR) is 107 cm³/mol.